The van der Waals surface area contributed by atoms with E-state index in [0.717, 1.165) is 47.8 Å². The van der Waals surface area contributed by atoms with Crippen molar-refractivity contribution in [1.82, 2.24) is 14.8 Å². The van der Waals surface area contributed by atoms with Crippen molar-refractivity contribution in [1.29, 1.82) is 0 Å². The van der Waals surface area contributed by atoms with Crippen LogP contribution in [0, 0.1) is 17.7 Å². The van der Waals surface area contributed by atoms with E-state index in [-0.39, 0.29) is 23.7 Å². The molecule has 6 rings (SSSR count). The van der Waals surface area contributed by atoms with Crippen molar-refractivity contribution in [3.8, 4) is 11.1 Å². The van der Waals surface area contributed by atoms with E-state index in [9.17, 15) is 9.59 Å². The Balaban J connectivity index is 1.26. The van der Waals surface area contributed by atoms with E-state index in [2.05, 4.69) is 9.98 Å². The number of aliphatic imine (C=N–C) groups is 1. The topological polar surface area (TPSA) is 65.9 Å². The smallest absolute Gasteiger partial charge is 0.255 e. The zero-order chi connectivity index (χ0) is 25.0. The van der Waals surface area contributed by atoms with E-state index in [0.29, 0.717) is 24.5 Å². The Morgan fingerprint density at radius 1 is 1.08 bits per heavy atom. The van der Waals surface area contributed by atoms with Crippen LogP contribution in [0.2, 0.25) is 0 Å². The summed E-state index contributed by atoms with van der Waals surface area (Å²) >= 11 is 0. The number of fused-ring (bicyclic) bond motifs is 1. The highest BCUT2D eigenvalue weighted by molar-refractivity contribution is 6.15. The summed E-state index contributed by atoms with van der Waals surface area (Å²) in [6, 6.07) is 14.8. The van der Waals surface area contributed by atoms with Gasteiger partial charge in [0.2, 0.25) is 5.91 Å². The minimum Gasteiger partial charge on any atom is -0.342 e. The number of amidine groups is 1. The second-order valence-electron chi connectivity index (χ2n) is 10.7. The minimum atomic E-state index is -0.950. The molecule has 3 heterocycles. The van der Waals surface area contributed by atoms with E-state index in [4.69, 9.17) is 0 Å². The van der Waals surface area contributed by atoms with E-state index in [1.807, 2.05) is 41.3 Å². The lowest BCUT2D eigenvalue weighted by Crippen LogP contribution is -2.43. The molecule has 1 saturated carbocycles. The first-order valence-corrected chi connectivity index (χ1v) is 12.7. The molecule has 0 spiro atoms. The molecule has 0 radical (unpaired) electrons. The van der Waals surface area contributed by atoms with Crippen molar-refractivity contribution in [2.75, 3.05) is 19.6 Å². The van der Waals surface area contributed by atoms with Crippen LogP contribution < -0.4 is 0 Å². The number of carbonyl (C=O) groups is 2. The molecule has 36 heavy (non-hydrogen) atoms. The van der Waals surface area contributed by atoms with Crippen LogP contribution >= 0.6 is 0 Å². The number of hydrogen-bond acceptors (Lipinski definition) is 4. The molecule has 184 valence electrons. The average molecular weight is 485 g/mol. The van der Waals surface area contributed by atoms with Crippen molar-refractivity contribution < 1.29 is 14.0 Å². The molecular weight excluding hydrogens is 455 g/mol. The van der Waals surface area contributed by atoms with Gasteiger partial charge in [-0.25, -0.2) is 4.39 Å². The van der Waals surface area contributed by atoms with Crippen molar-refractivity contribution in [3.63, 3.8) is 0 Å². The van der Waals surface area contributed by atoms with Crippen LogP contribution in [0.15, 0.2) is 59.7 Å². The maximum Gasteiger partial charge on any atom is 0.255 e. The van der Waals surface area contributed by atoms with Gasteiger partial charge in [0, 0.05) is 37.1 Å². The SMILES string of the molecule is CC1(C)N=C(c2ccc(-c3ccc4ncccc4c3)cc2F)N(C[C@@H]2CCN(C(=O)C3CC3)C2)C1=O. The lowest BCUT2D eigenvalue weighted by molar-refractivity contribution is -0.131. The fourth-order valence-corrected chi connectivity index (χ4v) is 5.33. The van der Waals surface area contributed by atoms with Crippen molar-refractivity contribution >= 4 is 28.6 Å². The van der Waals surface area contributed by atoms with E-state index >= 15 is 4.39 Å². The number of hydrogen-bond donors (Lipinski definition) is 0. The summed E-state index contributed by atoms with van der Waals surface area (Å²) in [5.74, 6) is 0.429. The number of nitrogens with zero attached hydrogens (tertiary/aromatic N) is 4. The Morgan fingerprint density at radius 3 is 2.64 bits per heavy atom. The average Bonchev–Trinajstić information content (AvgIpc) is 3.58. The molecule has 2 fully saturated rings. The van der Waals surface area contributed by atoms with E-state index in [1.54, 1.807) is 31.0 Å². The molecule has 1 aromatic heterocycles. The van der Waals surface area contributed by atoms with Gasteiger partial charge in [-0.2, -0.15) is 0 Å². The molecule has 1 aliphatic carbocycles. The predicted octanol–water partition coefficient (Wildman–Crippen LogP) is 4.67. The quantitative estimate of drug-likeness (QED) is 0.529. The summed E-state index contributed by atoms with van der Waals surface area (Å²) in [6.07, 6.45) is 4.57. The van der Waals surface area contributed by atoms with E-state index < -0.39 is 11.4 Å². The molecule has 2 aliphatic heterocycles. The highest BCUT2D eigenvalue weighted by atomic mass is 19.1. The Kier molecular flexibility index (Phi) is 5.39. The second-order valence-corrected chi connectivity index (χ2v) is 10.7. The van der Waals surface area contributed by atoms with Gasteiger partial charge >= 0.3 is 0 Å². The third kappa shape index (κ3) is 4.06. The first kappa shape index (κ1) is 22.8. The van der Waals surface area contributed by atoms with Gasteiger partial charge in [0.15, 0.2) is 0 Å². The Morgan fingerprint density at radius 2 is 1.86 bits per heavy atom. The van der Waals surface area contributed by atoms with Gasteiger partial charge < -0.3 is 4.90 Å². The molecule has 0 bridgehead atoms. The molecule has 2 aromatic carbocycles. The Labute approximate surface area is 209 Å². The number of benzene rings is 2. The highest BCUT2D eigenvalue weighted by Gasteiger charge is 2.44. The van der Waals surface area contributed by atoms with Crippen LogP contribution in [0.3, 0.4) is 0 Å². The summed E-state index contributed by atoms with van der Waals surface area (Å²) < 4.78 is 15.5. The second kappa shape index (κ2) is 8.50. The van der Waals surface area contributed by atoms with Crippen molar-refractivity contribution in [2.24, 2.45) is 16.8 Å². The van der Waals surface area contributed by atoms with Gasteiger partial charge in [0.25, 0.3) is 5.91 Å². The maximum absolute atomic E-state index is 15.5. The summed E-state index contributed by atoms with van der Waals surface area (Å²) in [7, 11) is 0. The number of pyridine rings is 1. The molecule has 1 saturated heterocycles. The van der Waals surface area contributed by atoms with Crippen LogP contribution in [0.5, 0.6) is 0 Å². The van der Waals surface area contributed by atoms with Crippen LogP contribution in [0.1, 0.15) is 38.7 Å². The standard InChI is InChI=1S/C29H29FN4O2/c1-29(2)28(36)34(17-18-11-13-33(16-18)27(35)19-5-6-19)26(32-29)23-9-7-21(15-24(23)30)20-8-10-25-22(14-20)4-3-12-31-25/h3-4,7-10,12,14-15,18-19H,5-6,11,13,16-17H2,1-2H3/t18-/m1/s1. The lowest BCUT2D eigenvalue weighted by Gasteiger charge is -2.25. The van der Waals surface area contributed by atoms with Gasteiger partial charge in [-0.3, -0.25) is 24.5 Å². The van der Waals surface area contributed by atoms with Crippen LogP contribution in [0.25, 0.3) is 22.0 Å². The van der Waals surface area contributed by atoms with Crippen LogP contribution in [-0.4, -0.2) is 57.6 Å². The lowest BCUT2D eigenvalue weighted by atomic mass is 10.0. The molecular formula is C29H29FN4O2. The van der Waals surface area contributed by atoms with Gasteiger partial charge in [-0.05, 0) is 80.5 Å². The number of rotatable bonds is 5. The summed E-state index contributed by atoms with van der Waals surface area (Å²) in [6.45, 7) is 5.34. The molecule has 6 nitrogen and oxygen atoms in total. The monoisotopic (exact) mass is 484 g/mol. The molecule has 2 amide bonds. The molecule has 1 atom stereocenters. The van der Waals surface area contributed by atoms with E-state index in [1.165, 1.54) is 6.07 Å². The largest absolute Gasteiger partial charge is 0.342 e. The molecule has 3 aliphatic rings. The first-order valence-electron chi connectivity index (χ1n) is 12.7. The van der Waals surface area contributed by atoms with Gasteiger partial charge in [-0.15, -0.1) is 0 Å². The van der Waals surface area contributed by atoms with Gasteiger partial charge in [0.1, 0.15) is 17.2 Å². The number of halogens is 1. The van der Waals surface area contributed by atoms with Crippen molar-refractivity contribution in [2.45, 2.75) is 38.6 Å². The third-order valence-corrected chi connectivity index (χ3v) is 7.52. The summed E-state index contributed by atoms with van der Waals surface area (Å²) in [5.41, 5.74) is 1.91. The van der Waals surface area contributed by atoms with Crippen LogP contribution in [-0.2, 0) is 9.59 Å². The predicted molar refractivity (Wildman–Crippen MR) is 137 cm³/mol. The van der Waals surface area contributed by atoms with Crippen molar-refractivity contribution in [3.05, 3.63) is 66.1 Å². The number of aromatic nitrogens is 1. The molecule has 7 heteroatoms. The maximum atomic E-state index is 15.5. The zero-order valence-electron chi connectivity index (χ0n) is 20.6. The normalized spacial score (nSPS) is 21.4. The fraction of sp³-hybridized carbons (Fsp3) is 0.379. The van der Waals surface area contributed by atoms with Gasteiger partial charge in [-0.1, -0.05) is 18.2 Å². The highest BCUT2D eigenvalue weighted by Crippen LogP contribution is 2.34. The number of carbonyl (C=O) groups excluding carboxylic acids is 2. The molecule has 3 aromatic rings. The summed E-state index contributed by atoms with van der Waals surface area (Å²) in [5, 5.41) is 0.990. The minimum absolute atomic E-state index is 0.130. The Hall–Kier alpha value is -3.61. The number of likely N-dealkylation sites (tertiary alicyclic amines) is 1. The fourth-order valence-electron chi connectivity index (χ4n) is 5.33. The molecule has 0 N–H and O–H groups in total. The van der Waals surface area contributed by atoms with Crippen LogP contribution in [0.4, 0.5) is 4.39 Å². The Bertz CT molecular complexity index is 1410. The summed E-state index contributed by atoms with van der Waals surface area (Å²) in [4.78, 5) is 38.3. The zero-order valence-corrected chi connectivity index (χ0v) is 20.6. The first-order chi connectivity index (χ1) is 17.3. The van der Waals surface area contributed by atoms with Gasteiger partial charge in [0.05, 0.1) is 11.1 Å². The molecule has 0 unspecified atom stereocenters. The number of amides is 2. The third-order valence-electron chi connectivity index (χ3n) is 7.52.